The van der Waals surface area contributed by atoms with Crippen molar-refractivity contribution >= 4 is 0 Å². The highest BCUT2D eigenvalue weighted by Crippen LogP contribution is 2.66. The third-order valence-electron chi connectivity index (χ3n) is 8.74. The molecule has 0 bridgehead atoms. The molecule has 5 heteroatoms. The van der Waals surface area contributed by atoms with Crippen molar-refractivity contribution in [2.45, 2.75) is 82.9 Å². The lowest BCUT2D eigenvalue weighted by Crippen LogP contribution is -2.67. The SMILES string of the molecule is CC12CCC3C(C(O)C(O)C4C(O)C(O)CCC34C)C1CCC2O. The molecule has 4 aliphatic rings. The van der Waals surface area contributed by atoms with Crippen LogP contribution in [0.25, 0.3) is 0 Å². The van der Waals surface area contributed by atoms with E-state index in [1.807, 2.05) is 0 Å². The molecule has 0 aromatic rings. The standard InChI is InChI=1S/C19H32O5/c1-18-7-5-10-13(9(18)3-4-12(18)21)16(23)17(24)14-15(22)11(20)6-8-19(10,14)2/h9-17,20-24H,3-8H2,1-2H3. The van der Waals surface area contributed by atoms with Gasteiger partial charge in [-0.3, -0.25) is 0 Å². The van der Waals surface area contributed by atoms with E-state index in [4.69, 9.17) is 0 Å². The number of aliphatic hydroxyl groups excluding tert-OH is 5. The first kappa shape index (κ1) is 17.2. The first-order valence-electron chi connectivity index (χ1n) is 9.62. The van der Waals surface area contributed by atoms with Crippen LogP contribution >= 0.6 is 0 Å². The van der Waals surface area contributed by atoms with Gasteiger partial charge in [-0.05, 0) is 67.1 Å². The molecule has 0 radical (unpaired) electrons. The lowest BCUT2D eigenvalue weighted by atomic mass is 9.43. The minimum absolute atomic E-state index is 0.0282. The van der Waals surface area contributed by atoms with Crippen molar-refractivity contribution in [1.82, 2.24) is 0 Å². The fraction of sp³-hybridized carbons (Fsp3) is 1.00. The van der Waals surface area contributed by atoms with Crippen LogP contribution in [0.4, 0.5) is 0 Å². The van der Waals surface area contributed by atoms with Crippen LogP contribution in [0.3, 0.4) is 0 Å². The molecule has 0 heterocycles. The lowest BCUT2D eigenvalue weighted by Gasteiger charge is -2.64. The molecule has 138 valence electrons. The van der Waals surface area contributed by atoms with Crippen molar-refractivity contribution < 1.29 is 25.5 Å². The summed E-state index contributed by atoms with van der Waals surface area (Å²) in [5.41, 5.74) is -0.436. The molecule has 0 saturated heterocycles. The molecule has 4 rings (SSSR count). The Kier molecular flexibility index (Phi) is 3.87. The molecule has 0 aromatic heterocycles. The van der Waals surface area contributed by atoms with Gasteiger partial charge in [0.05, 0.1) is 30.5 Å². The molecule has 11 atom stereocenters. The highest BCUT2D eigenvalue weighted by molar-refractivity contribution is 5.15. The first-order chi connectivity index (χ1) is 11.2. The molecular weight excluding hydrogens is 308 g/mol. The summed E-state index contributed by atoms with van der Waals surface area (Å²) in [6.07, 6.45) is 0.820. The van der Waals surface area contributed by atoms with Crippen LogP contribution in [-0.4, -0.2) is 56.1 Å². The normalized spacial score (nSPS) is 63.4. The Bertz CT molecular complexity index is 512. The molecule has 5 nitrogen and oxygen atoms in total. The van der Waals surface area contributed by atoms with Crippen LogP contribution in [0.5, 0.6) is 0 Å². The second-order valence-electron chi connectivity index (χ2n) is 9.54. The van der Waals surface area contributed by atoms with Gasteiger partial charge in [-0.25, -0.2) is 0 Å². The van der Waals surface area contributed by atoms with Crippen molar-refractivity contribution in [3.8, 4) is 0 Å². The predicted octanol–water partition coefficient (Wildman–Crippen LogP) is 0.663. The molecule has 24 heavy (non-hydrogen) atoms. The summed E-state index contributed by atoms with van der Waals surface area (Å²) in [7, 11) is 0. The average Bonchev–Trinajstić information content (AvgIpc) is 2.84. The summed E-state index contributed by atoms with van der Waals surface area (Å²) in [6.45, 7) is 4.27. The van der Waals surface area contributed by atoms with E-state index in [0.717, 1.165) is 32.1 Å². The zero-order valence-corrected chi connectivity index (χ0v) is 14.7. The van der Waals surface area contributed by atoms with E-state index in [0.29, 0.717) is 6.42 Å². The molecule has 5 N–H and O–H groups in total. The van der Waals surface area contributed by atoms with Gasteiger partial charge >= 0.3 is 0 Å². The Hall–Kier alpha value is -0.200. The smallest absolute Gasteiger partial charge is 0.0861 e. The third kappa shape index (κ3) is 1.99. The summed E-state index contributed by atoms with van der Waals surface area (Å²) in [6, 6.07) is 0. The molecule has 4 fully saturated rings. The molecule has 0 aromatic carbocycles. The van der Waals surface area contributed by atoms with Crippen molar-refractivity contribution in [1.29, 1.82) is 0 Å². The van der Waals surface area contributed by atoms with Crippen molar-refractivity contribution in [2.75, 3.05) is 0 Å². The summed E-state index contributed by atoms with van der Waals surface area (Å²) in [5, 5.41) is 52.9. The van der Waals surface area contributed by atoms with Crippen LogP contribution in [-0.2, 0) is 0 Å². The molecular formula is C19H32O5. The minimum atomic E-state index is -1.01. The molecule has 0 spiro atoms. The average molecular weight is 340 g/mol. The minimum Gasteiger partial charge on any atom is -0.393 e. The van der Waals surface area contributed by atoms with E-state index in [1.165, 1.54) is 0 Å². The van der Waals surface area contributed by atoms with Crippen LogP contribution in [0, 0.1) is 34.5 Å². The van der Waals surface area contributed by atoms with Gasteiger partial charge in [0.25, 0.3) is 0 Å². The zero-order valence-electron chi connectivity index (χ0n) is 14.7. The number of rotatable bonds is 0. The van der Waals surface area contributed by atoms with Crippen LogP contribution in [0.1, 0.15) is 52.4 Å². The summed E-state index contributed by atoms with van der Waals surface area (Å²) in [5.74, 6) is -0.0585. The van der Waals surface area contributed by atoms with Gasteiger partial charge in [-0.1, -0.05) is 13.8 Å². The van der Waals surface area contributed by atoms with Crippen LogP contribution < -0.4 is 0 Å². The second kappa shape index (κ2) is 5.40. The Morgan fingerprint density at radius 3 is 2.00 bits per heavy atom. The van der Waals surface area contributed by atoms with Crippen molar-refractivity contribution in [2.24, 2.45) is 34.5 Å². The fourth-order valence-corrected chi connectivity index (χ4v) is 7.30. The summed E-state index contributed by atoms with van der Waals surface area (Å²) >= 11 is 0. The topological polar surface area (TPSA) is 101 Å². The zero-order chi connectivity index (χ0) is 17.4. The van der Waals surface area contributed by atoms with Crippen molar-refractivity contribution in [3.63, 3.8) is 0 Å². The molecule has 4 aliphatic carbocycles. The van der Waals surface area contributed by atoms with Gasteiger partial charge in [0.1, 0.15) is 0 Å². The van der Waals surface area contributed by atoms with E-state index in [1.54, 1.807) is 0 Å². The van der Waals surface area contributed by atoms with E-state index in [9.17, 15) is 25.5 Å². The van der Waals surface area contributed by atoms with Gasteiger partial charge in [0.15, 0.2) is 0 Å². The largest absolute Gasteiger partial charge is 0.393 e. The maximum absolute atomic E-state index is 11.0. The first-order valence-corrected chi connectivity index (χ1v) is 9.62. The second-order valence-corrected chi connectivity index (χ2v) is 9.54. The molecule has 11 unspecified atom stereocenters. The van der Waals surface area contributed by atoms with Gasteiger partial charge in [0, 0.05) is 5.92 Å². The number of hydrogen-bond acceptors (Lipinski definition) is 5. The monoisotopic (exact) mass is 340 g/mol. The van der Waals surface area contributed by atoms with Gasteiger partial charge in [0.2, 0.25) is 0 Å². The third-order valence-corrected chi connectivity index (χ3v) is 8.74. The number of fused-ring (bicyclic) bond motifs is 5. The highest BCUT2D eigenvalue weighted by atomic mass is 16.3. The molecule has 4 saturated carbocycles. The van der Waals surface area contributed by atoms with E-state index < -0.39 is 30.3 Å². The molecule has 0 amide bonds. The lowest BCUT2D eigenvalue weighted by molar-refractivity contribution is -0.252. The Balaban J connectivity index is 1.74. The highest BCUT2D eigenvalue weighted by Gasteiger charge is 2.66. The van der Waals surface area contributed by atoms with Crippen LogP contribution in [0.15, 0.2) is 0 Å². The van der Waals surface area contributed by atoms with Gasteiger partial charge < -0.3 is 25.5 Å². The Morgan fingerprint density at radius 1 is 0.667 bits per heavy atom. The number of hydrogen-bond donors (Lipinski definition) is 5. The van der Waals surface area contributed by atoms with E-state index in [2.05, 4.69) is 13.8 Å². The number of aliphatic hydroxyl groups is 5. The Labute approximate surface area is 143 Å². The quantitative estimate of drug-likeness (QED) is 0.446. The van der Waals surface area contributed by atoms with E-state index in [-0.39, 0.29) is 34.7 Å². The molecule has 0 aliphatic heterocycles. The van der Waals surface area contributed by atoms with E-state index >= 15 is 0 Å². The van der Waals surface area contributed by atoms with Gasteiger partial charge in [-0.15, -0.1) is 0 Å². The maximum atomic E-state index is 11.0. The fourth-order valence-electron chi connectivity index (χ4n) is 7.30. The summed E-state index contributed by atoms with van der Waals surface area (Å²) < 4.78 is 0. The predicted molar refractivity (Wildman–Crippen MR) is 87.9 cm³/mol. The van der Waals surface area contributed by atoms with Gasteiger partial charge in [-0.2, -0.15) is 0 Å². The summed E-state index contributed by atoms with van der Waals surface area (Å²) in [4.78, 5) is 0. The van der Waals surface area contributed by atoms with Crippen molar-refractivity contribution in [3.05, 3.63) is 0 Å². The maximum Gasteiger partial charge on any atom is 0.0861 e. The Morgan fingerprint density at radius 2 is 1.29 bits per heavy atom. The van der Waals surface area contributed by atoms with Crippen LogP contribution in [0.2, 0.25) is 0 Å².